The Labute approximate surface area is 153 Å². The molecule has 0 unspecified atom stereocenters. The van der Waals surface area contributed by atoms with Gasteiger partial charge in [-0.1, -0.05) is 31.5 Å². The van der Waals surface area contributed by atoms with Crippen LogP contribution < -0.4 is 0 Å². The molecule has 25 heavy (non-hydrogen) atoms. The number of carbonyl (C=O) groups excluding carboxylic acids is 1. The standard InChI is InChI=1S/C18H24ClN5O/c1-13(2)15-10-16(22(3)21-15)18(25)24-8-6-23(7-9-24)12-14-4-5-17(19)20-11-14/h4-5,10-11,13H,6-9,12H2,1-3H3. The molecule has 0 aromatic carbocycles. The highest BCUT2D eigenvalue weighted by molar-refractivity contribution is 6.29. The zero-order valence-electron chi connectivity index (χ0n) is 14.9. The average molecular weight is 362 g/mol. The first kappa shape index (κ1) is 17.9. The zero-order chi connectivity index (χ0) is 18.0. The Morgan fingerprint density at radius 2 is 1.96 bits per heavy atom. The highest BCUT2D eigenvalue weighted by Crippen LogP contribution is 2.17. The van der Waals surface area contributed by atoms with Crippen LogP contribution in [0.2, 0.25) is 5.15 Å². The molecule has 1 amide bonds. The summed E-state index contributed by atoms with van der Waals surface area (Å²) in [7, 11) is 1.84. The van der Waals surface area contributed by atoms with E-state index in [1.165, 1.54) is 0 Å². The lowest BCUT2D eigenvalue weighted by molar-refractivity contribution is 0.0617. The van der Waals surface area contributed by atoms with Crippen molar-refractivity contribution in [3.8, 4) is 0 Å². The van der Waals surface area contributed by atoms with Crippen molar-refractivity contribution < 1.29 is 4.79 Å². The third kappa shape index (κ3) is 4.19. The molecular formula is C18H24ClN5O. The minimum atomic E-state index is 0.0645. The van der Waals surface area contributed by atoms with Crippen LogP contribution in [-0.4, -0.2) is 56.7 Å². The van der Waals surface area contributed by atoms with E-state index in [4.69, 9.17) is 11.6 Å². The normalized spacial score (nSPS) is 15.8. The average Bonchev–Trinajstić information content (AvgIpc) is 2.99. The summed E-state index contributed by atoms with van der Waals surface area (Å²) < 4.78 is 1.70. The fraction of sp³-hybridized carbons (Fsp3) is 0.500. The number of aryl methyl sites for hydroxylation is 1. The number of aromatic nitrogens is 3. The van der Waals surface area contributed by atoms with Gasteiger partial charge in [-0.3, -0.25) is 14.4 Å². The minimum absolute atomic E-state index is 0.0645. The van der Waals surface area contributed by atoms with E-state index in [0.717, 1.165) is 44.0 Å². The van der Waals surface area contributed by atoms with Gasteiger partial charge in [-0.15, -0.1) is 0 Å². The monoisotopic (exact) mass is 361 g/mol. The van der Waals surface area contributed by atoms with Crippen LogP contribution >= 0.6 is 11.6 Å². The maximum absolute atomic E-state index is 12.8. The van der Waals surface area contributed by atoms with Crippen molar-refractivity contribution in [2.45, 2.75) is 26.3 Å². The second kappa shape index (κ2) is 7.54. The van der Waals surface area contributed by atoms with E-state index >= 15 is 0 Å². The van der Waals surface area contributed by atoms with Crippen LogP contribution in [0.25, 0.3) is 0 Å². The van der Waals surface area contributed by atoms with Crippen LogP contribution in [0.1, 0.15) is 41.5 Å². The molecule has 134 valence electrons. The van der Waals surface area contributed by atoms with E-state index in [9.17, 15) is 4.79 Å². The third-order valence-corrected chi connectivity index (χ3v) is 4.79. The lowest BCUT2D eigenvalue weighted by Gasteiger charge is -2.34. The van der Waals surface area contributed by atoms with Crippen molar-refractivity contribution in [2.75, 3.05) is 26.2 Å². The summed E-state index contributed by atoms with van der Waals surface area (Å²) in [5.41, 5.74) is 2.76. The van der Waals surface area contributed by atoms with E-state index in [2.05, 4.69) is 28.8 Å². The van der Waals surface area contributed by atoms with Gasteiger partial charge in [0.05, 0.1) is 5.69 Å². The van der Waals surface area contributed by atoms with Gasteiger partial charge < -0.3 is 4.90 Å². The molecule has 3 heterocycles. The Morgan fingerprint density at radius 1 is 1.24 bits per heavy atom. The number of carbonyl (C=O) groups is 1. The number of hydrogen-bond donors (Lipinski definition) is 0. The molecule has 2 aromatic heterocycles. The molecule has 7 heteroatoms. The van der Waals surface area contributed by atoms with E-state index in [-0.39, 0.29) is 5.91 Å². The van der Waals surface area contributed by atoms with Crippen LogP contribution in [0.5, 0.6) is 0 Å². The first-order valence-corrected chi connectivity index (χ1v) is 8.98. The fourth-order valence-electron chi connectivity index (χ4n) is 3.00. The van der Waals surface area contributed by atoms with Crippen molar-refractivity contribution >= 4 is 17.5 Å². The molecule has 0 radical (unpaired) electrons. The molecule has 0 bridgehead atoms. The lowest BCUT2D eigenvalue weighted by atomic mass is 10.1. The Kier molecular flexibility index (Phi) is 5.39. The molecule has 0 atom stereocenters. The minimum Gasteiger partial charge on any atom is -0.335 e. The highest BCUT2D eigenvalue weighted by Gasteiger charge is 2.25. The summed E-state index contributed by atoms with van der Waals surface area (Å²) in [4.78, 5) is 21.1. The van der Waals surface area contributed by atoms with Crippen LogP contribution in [0, 0.1) is 0 Å². The van der Waals surface area contributed by atoms with Crippen molar-refractivity contribution in [2.24, 2.45) is 7.05 Å². The van der Waals surface area contributed by atoms with Gasteiger partial charge in [0.2, 0.25) is 0 Å². The van der Waals surface area contributed by atoms with Gasteiger partial charge in [0.1, 0.15) is 10.8 Å². The van der Waals surface area contributed by atoms with E-state index < -0.39 is 0 Å². The number of piperazine rings is 1. The van der Waals surface area contributed by atoms with Crippen LogP contribution in [0.4, 0.5) is 0 Å². The van der Waals surface area contributed by atoms with Gasteiger partial charge >= 0.3 is 0 Å². The second-order valence-electron chi connectivity index (χ2n) is 6.79. The summed E-state index contributed by atoms with van der Waals surface area (Å²) in [6.45, 7) is 8.15. The SMILES string of the molecule is CC(C)c1cc(C(=O)N2CCN(Cc3ccc(Cl)nc3)CC2)n(C)n1. The Balaban J connectivity index is 1.58. The molecule has 1 saturated heterocycles. The molecule has 1 fully saturated rings. The van der Waals surface area contributed by atoms with Crippen molar-refractivity contribution in [3.63, 3.8) is 0 Å². The van der Waals surface area contributed by atoms with Gasteiger partial charge in [0.25, 0.3) is 5.91 Å². The van der Waals surface area contributed by atoms with Gasteiger partial charge in [0.15, 0.2) is 0 Å². The highest BCUT2D eigenvalue weighted by atomic mass is 35.5. The third-order valence-electron chi connectivity index (χ3n) is 4.56. The summed E-state index contributed by atoms with van der Waals surface area (Å²) >= 11 is 5.82. The molecular weight excluding hydrogens is 338 g/mol. The van der Waals surface area contributed by atoms with Crippen LogP contribution in [-0.2, 0) is 13.6 Å². The summed E-state index contributed by atoms with van der Waals surface area (Å²) in [5.74, 6) is 0.382. The molecule has 1 aliphatic heterocycles. The number of hydrogen-bond acceptors (Lipinski definition) is 4. The number of rotatable bonds is 4. The fourth-order valence-corrected chi connectivity index (χ4v) is 3.11. The smallest absolute Gasteiger partial charge is 0.272 e. The summed E-state index contributed by atoms with van der Waals surface area (Å²) in [5, 5.41) is 4.96. The Bertz CT molecular complexity index is 732. The maximum Gasteiger partial charge on any atom is 0.272 e. The molecule has 1 aliphatic rings. The predicted molar refractivity (Wildman–Crippen MR) is 97.7 cm³/mol. The number of amides is 1. The van der Waals surface area contributed by atoms with E-state index in [1.54, 1.807) is 4.68 Å². The van der Waals surface area contributed by atoms with Gasteiger partial charge in [-0.25, -0.2) is 4.98 Å². The van der Waals surface area contributed by atoms with Crippen molar-refractivity contribution in [1.82, 2.24) is 24.6 Å². The van der Waals surface area contributed by atoms with Gasteiger partial charge in [-0.2, -0.15) is 5.10 Å². The number of nitrogens with zero attached hydrogens (tertiary/aromatic N) is 5. The zero-order valence-corrected chi connectivity index (χ0v) is 15.7. The molecule has 6 nitrogen and oxygen atoms in total. The molecule has 0 spiro atoms. The number of halogens is 1. The molecule has 3 rings (SSSR count). The lowest BCUT2D eigenvalue weighted by Crippen LogP contribution is -2.48. The first-order chi connectivity index (χ1) is 11.9. The second-order valence-corrected chi connectivity index (χ2v) is 7.18. The van der Waals surface area contributed by atoms with Crippen molar-refractivity contribution in [3.05, 3.63) is 46.5 Å². The Hall–Kier alpha value is -1.92. The van der Waals surface area contributed by atoms with Crippen LogP contribution in [0.15, 0.2) is 24.4 Å². The van der Waals surface area contributed by atoms with Crippen molar-refractivity contribution in [1.29, 1.82) is 0 Å². The topological polar surface area (TPSA) is 54.3 Å². The van der Waals surface area contributed by atoms with Gasteiger partial charge in [0, 0.05) is 46.0 Å². The molecule has 0 saturated carbocycles. The summed E-state index contributed by atoms with van der Waals surface area (Å²) in [6.07, 6.45) is 1.81. The van der Waals surface area contributed by atoms with E-state index in [1.807, 2.05) is 36.3 Å². The molecule has 2 aromatic rings. The number of pyridine rings is 1. The maximum atomic E-state index is 12.8. The quantitative estimate of drug-likeness (QED) is 0.785. The first-order valence-electron chi connectivity index (χ1n) is 8.60. The predicted octanol–water partition coefficient (Wildman–Crippen LogP) is 2.55. The van der Waals surface area contributed by atoms with Gasteiger partial charge in [-0.05, 0) is 23.6 Å². The summed E-state index contributed by atoms with van der Waals surface area (Å²) in [6, 6.07) is 5.72. The largest absolute Gasteiger partial charge is 0.335 e. The van der Waals surface area contributed by atoms with Crippen LogP contribution in [0.3, 0.4) is 0 Å². The molecule has 0 N–H and O–H groups in total. The Morgan fingerprint density at radius 3 is 2.52 bits per heavy atom. The van der Waals surface area contributed by atoms with E-state index in [0.29, 0.717) is 16.8 Å². The molecule has 0 aliphatic carbocycles.